The van der Waals surface area contributed by atoms with Gasteiger partial charge in [0.2, 0.25) is 5.95 Å². The predicted molar refractivity (Wildman–Crippen MR) is 57.7 cm³/mol. The van der Waals surface area contributed by atoms with E-state index in [4.69, 9.17) is 4.74 Å². The molecule has 1 N–H and O–H groups in total. The third-order valence-corrected chi connectivity index (χ3v) is 2.30. The summed E-state index contributed by atoms with van der Waals surface area (Å²) in [7, 11) is 3.61. The number of nitrogens with zero attached hydrogens (tertiary/aromatic N) is 2. The lowest BCUT2D eigenvalue weighted by atomic mass is 10.2. The van der Waals surface area contributed by atoms with E-state index in [2.05, 4.69) is 28.0 Å². The third kappa shape index (κ3) is 2.26. The van der Waals surface area contributed by atoms with E-state index in [1.807, 2.05) is 14.0 Å². The summed E-state index contributed by atoms with van der Waals surface area (Å²) >= 11 is 0. The molecule has 0 fully saturated rings. The number of nitrogens with one attached hydrogen (secondary N) is 1. The predicted octanol–water partition coefficient (Wildman–Crippen LogP) is 1.83. The number of rotatable bonds is 5. The van der Waals surface area contributed by atoms with Crippen LogP contribution in [0.5, 0.6) is 0 Å². The highest BCUT2D eigenvalue weighted by atomic mass is 16.5. The summed E-state index contributed by atoms with van der Waals surface area (Å²) in [5.74, 6) is 0.909. The smallest absolute Gasteiger partial charge is 0.203 e. The minimum absolute atomic E-state index is 0.364. The lowest BCUT2D eigenvalue weighted by Gasteiger charge is -2.17. The van der Waals surface area contributed by atoms with Crippen molar-refractivity contribution in [1.82, 2.24) is 9.55 Å². The zero-order valence-electron chi connectivity index (χ0n) is 9.37. The summed E-state index contributed by atoms with van der Waals surface area (Å²) in [6.07, 6.45) is 3.09. The lowest BCUT2D eigenvalue weighted by molar-refractivity contribution is 0.154. The fraction of sp³-hybridized carbons (Fsp3) is 0.700. The minimum atomic E-state index is 0.364. The van der Waals surface area contributed by atoms with Gasteiger partial charge in [-0.3, -0.25) is 0 Å². The highest BCUT2D eigenvalue weighted by Gasteiger charge is 2.12. The number of hydrogen-bond donors (Lipinski definition) is 1. The lowest BCUT2D eigenvalue weighted by Crippen LogP contribution is -2.15. The monoisotopic (exact) mass is 197 g/mol. The van der Waals surface area contributed by atoms with Crippen LogP contribution in [0.25, 0.3) is 0 Å². The van der Waals surface area contributed by atoms with E-state index >= 15 is 0 Å². The molecule has 1 heterocycles. The minimum Gasteiger partial charge on any atom is -0.383 e. The first-order chi connectivity index (χ1) is 6.72. The first-order valence-electron chi connectivity index (χ1n) is 4.95. The number of ether oxygens (including phenoxy) is 1. The fourth-order valence-corrected chi connectivity index (χ4v) is 1.57. The third-order valence-electron chi connectivity index (χ3n) is 2.30. The Kier molecular flexibility index (Phi) is 3.95. The van der Waals surface area contributed by atoms with Gasteiger partial charge in [-0.05, 0) is 13.3 Å². The van der Waals surface area contributed by atoms with Crippen molar-refractivity contribution in [2.75, 3.05) is 26.1 Å². The van der Waals surface area contributed by atoms with E-state index in [-0.39, 0.29) is 0 Å². The van der Waals surface area contributed by atoms with Gasteiger partial charge in [0, 0.05) is 20.4 Å². The molecular formula is C10H19N3O. The van der Waals surface area contributed by atoms with E-state index in [0.29, 0.717) is 6.04 Å². The van der Waals surface area contributed by atoms with Crippen LogP contribution in [0.4, 0.5) is 5.95 Å². The Labute approximate surface area is 85.3 Å². The highest BCUT2D eigenvalue weighted by molar-refractivity contribution is 5.28. The van der Waals surface area contributed by atoms with Crippen LogP contribution in [-0.4, -0.2) is 30.3 Å². The largest absolute Gasteiger partial charge is 0.383 e. The van der Waals surface area contributed by atoms with Crippen molar-refractivity contribution in [1.29, 1.82) is 0 Å². The number of imidazole rings is 1. The van der Waals surface area contributed by atoms with E-state index < -0.39 is 0 Å². The Hall–Kier alpha value is -1.03. The molecule has 4 heteroatoms. The van der Waals surface area contributed by atoms with Crippen molar-refractivity contribution in [2.24, 2.45) is 0 Å². The summed E-state index contributed by atoms with van der Waals surface area (Å²) in [4.78, 5) is 4.38. The second-order valence-electron chi connectivity index (χ2n) is 3.38. The average Bonchev–Trinajstić information content (AvgIpc) is 2.55. The standard InChI is InChI=1S/C10H19N3O/c1-5-9(7-14-4)13-6-8(2)12-10(13)11-3/h6,9H,5,7H2,1-4H3,(H,11,12). The van der Waals surface area contributed by atoms with Crippen molar-refractivity contribution >= 4 is 5.95 Å². The van der Waals surface area contributed by atoms with Crippen molar-refractivity contribution < 1.29 is 4.74 Å². The van der Waals surface area contributed by atoms with Gasteiger partial charge < -0.3 is 14.6 Å². The van der Waals surface area contributed by atoms with Gasteiger partial charge in [0.25, 0.3) is 0 Å². The van der Waals surface area contributed by atoms with Crippen LogP contribution in [0, 0.1) is 6.92 Å². The summed E-state index contributed by atoms with van der Waals surface area (Å²) in [5.41, 5.74) is 1.03. The normalized spacial score (nSPS) is 12.9. The molecule has 0 saturated heterocycles. The summed E-state index contributed by atoms with van der Waals surface area (Å²) in [5, 5.41) is 3.09. The maximum absolute atomic E-state index is 5.18. The molecule has 0 radical (unpaired) electrons. The molecule has 0 bridgehead atoms. The van der Waals surface area contributed by atoms with Crippen LogP contribution in [0.15, 0.2) is 6.20 Å². The van der Waals surface area contributed by atoms with Crippen LogP contribution < -0.4 is 5.32 Å². The molecule has 0 aliphatic heterocycles. The molecule has 0 aliphatic carbocycles. The zero-order chi connectivity index (χ0) is 10.6. The number of aryl methyl sites for hydroxylation is 1. The van der Waals surface area contributed by atoms with Gasteiger partial charge in [0.15, 0.2) is 0 Å². The number of aromatic nitrogens is 2. The highest BCUT2D eigenvalue weighted by Crippen LogP contribution is 2.18. The molecule has 0 spiro atoms. The fourth-order valence-electron chi connectivity index (χ4n) is 1.57. The molecule has 0 aromatic carbocycles. The topological polar surface area (TPSA) is 39.1 Å². The van der Waals surface area contributed by atoms with Crippen LogP contribution in [0.2, 0.25) is 0 Å². The van der Waals surface area contributed by atoms with E-state index in [9.17, 15) is 0 Å². The van der Waals surface area contributed by atoms with Gasteiger partial charge in [-0.1, -0.05) is 6.92 Å². The molecule has 4 nitrogen and oxygen atoms in total. The molecule has 0 saturated carbocycles. The number of methoxy groups -OCH3 is 1. The van der Waals surface area contributed by atoms with Gasteiger partial charge in [-0.2, -0.15) is 0 Å². The molecule has 0 aliphatic rings. The molecule has 1 atom stereocenters. The van der Waals surface area contributed by atoms with Gasteiger partial charge in [-0.25, -0.2) is 4.98 Å². The van der Waals surface area contributed by atoms with Crippen molar-refractivity contribution in [2.45, 2.75) is 26.3 Å². The Balaban J connectivity index is 2.89. The Morgan fingerprint density at radius 3 is 2.86 bits per heavy atom. The molecule has 0 amide bonds. The quantitative estimate of drug-likeness (QED) is 0.782. The van der Waals surface area contributed by atoms with Gasteiger partial charge in [-0.15, -0.1) is 0 Å². The van der Waals surface area contributed by atoms with Crippen LogP contribution in [0.3, 0.4) is 0 Å². The SMILES string of the molecule is CCC(COC)n1cc(C)nc1NC. The first kappa shape index (κ1) is 11.0. The second kappa shape index (κ2) is 5.00. The maximum Gasteiger partial charge on any atom is 0.203 e. The van der Waals surface area contributed by atoms with Crippen LogP contribution in [-0.2, 0) is 4.74 Å². The van der Waals surface area contributed by atoms with E-state index in [1.54, 1.807) is 7.11 Å². The molecule has 1 aromatic heterocycles. The van der Waals surface area contributed by atoms with Crippen LogP contribution in [0.1, 0.15) is 25.1 Å². The Bertz CT molecular complexity index is 283. The summed E-state index contributed by atoms with van der Waals surface area (Å²) in [6, 6.07) is 0.364. The molecule has 14 heavy (non-hydrogen) atoms. The zero-order valence-corrected chi connectivity index (χ0v) is 9.37. The first-order valence-corrected chi connectivity index (χ1v) is 4.95. The second-order valence-corrected chi connectivity index (χ2v) is 3.38. The van der Waals surface area contributed by atoms with Crippen LogP contribution >= 0.6 is 0 Å². The summed E-state index contributed by atoms with van der Waals surface area (Å²) in [6.45, 7) is 4.87. The van der Waals surface area contributed by atoms with Crippen molar-refractivity contribution in [3.8, 4) is 0 Å². The van der Waals surface area contributed by atoms with E-state index in [1.165, 1.54) is 0 Å². The Morgan fingerprint density at radius 2 is 2.36 bits per heavy atom. The van der Waals surface area contributed by atoms with Crippen molar-refractivity contribution in [3.63, 3.8) is 0 Å². The maximum atomic E-state index is 5.18. The molecule has 1 unspecified atom stereocenters. The Morgan fingerprint density at radius 1 is 1.64 bits per heavy atom. The molecule has 80 valence electrons. The van der Waals surface area contributed by atoms with Gasteiger partial charge in [0.1, 0.15) is 0 Å². The number of anilines is 1. The molecular weight excluding hydrogens is 178 g/mol. The van der Waals surface area contributed by atoms with Gasteiger partial charge >= 0.3 is 0 Å². The van der Waals surface area contributed by atoms with E-state index in [0.717, 1.165) is 24.7 Å². The number of hydrogen-bond acceptors (Lipinski definition) is 3. The average molecular weight is 197 g/mol. The summed E-state index contributed by atoms with van der Waals surface area (Å²) < 4.78 is 7.32. The molecule has 1 rings (SSSR count). The van der Waals surface area contributed by atoms with Gasteiger partial charge in [0.05, 0.1) is 18.3 Å². The molecule has 1 aromatic rings. The van der Waals surface area contributed by atoms with Crippen molar-refractivity contribution in [3.05, 3.63) is 11.9 Å².